The van der Waals surface area contributed by atoms with Gasteiger partial charge in [-0.25, -0.2) is 0 Å². The minimum absolute atomic E-state index is 0.258. The molecule has 1 aromatic rings. The summed E-state index contributed by atoms with van der Waals surface area (Å²) in [7, 11) is -1.23. The first-order chi connectivity index (χ1) is 9.72. The second kappa shape index (κ2) is 8.01. The second-order valence-corrected chi connectivity index (χ2v) is 7.97. The molecule has 1 aromatic carbocycles. The molecule has 0 radical (unpaired) electrons. The first-order valence-electron chi connectivity index (χ1n) is 6.65. The summed E-state index contributed by atoms with van der Waals surface area (Å²) in [6.07, 6.45) is 0.814. The summed E-state index contributed by atoms with van der Waals surface area (Å²) >= 11 is 11.8. The lowest BCUT2D eigenvalue weighted by Crippen LogP contribution is -2.31. The normalized spacial score (nSPS) is 14.0. The van der Waals surface area contributed by atoms with Gasteiger partial charge in [0.05, 0.1) is 16.4 Å². The molecule has 0 saturated heterocycles. The predicted molar refractivity (Wildman–Crippen MR) is 91.4 cm³/mol. The molecule has 0 aliphatic heterocycles. The molecule has 0 aliphatic rings. The van der Waals surface area contributed by atoms with Gasteiger partial charge in [0.2, 0.25) is 5.91 Å². The van der Waals surface area contributed by atoms with Crippen LogP contribution in [0.4, 0.5) is 11.4 Å². The molecule has 4 nitrogen and oxygen atoms in total. The van der Waals surface area contributed by atoms with E-state index in [0.29, 0.717) is 22.4 Å². The Morgan fingerprint density at radius 3 is 2.48 bits per heavy atom. The fourth-order valence-electron chi connectivity index (χ4n) is 1.60. The summed E-state index contributed by atoms with van der Waals surface area (Å²) in [5, 5.41) is 2.65. The molecule has 0 aliphatic carbocycles. The number of hydrogen-bond acceptors (Lipinski definition) is 3. The summed E-state index contributed by atoms with van der Waals surface area (Å²) < 4.78 is 12.1. The number of carbonyl (C=O) groups is 1. The van der Waals surface area contributed by atoms with Gasteiger partial charge in [0.25, 0.3) is 0 Å². The molecule has 3 N–H and O–H groups in total. The van der Waals surface area contributed by atoms with Crippen molar-refractivity contribution in [1.29, 1.82) is 0 Å². The number of benzene rings is 1. The van der Waals surface area contributed by atoms with Crippen LogP contribution in [-0.2, 0) is 15.6 Å². The SMILES string of the molecule is CC(C)CCS(=O)C(C)C(=O)Nc1c(N)cc(Cl)cc1Cl. The minimum Gasteiger partial charge on any atom is -0.397 e. The van der Waals surface area contributed by atoms with Crippen LogP contribution in [0.3, 0.4) is 0 Å². The first-order valence-corrected chi connectivity index (χ1v) is 8.78. The van der Waals surface area contributed by atoms with Crippen LogP contribution in [0.1, 0.15) is 27.2 Å². The first kappa shape index (κ1) is 18.3. The molecule has 0 heterocycles. The van der Waals surface area contributed by atoms with Gasteiger partial charge in [0.15, 0.2) is 0 Å². The fourth-order valence-corrected chi connectivity index (χ4v) is 3.51. The molecule has 2 unspecified atom stereocenters. The second-order valence-electron chi connectivity index (χ2n) is 5.25. The summed E-state index contributed by atoms with van der Waals surface area (Å²) in [6, 6.07) is 3.00. The molecule has 7 heteroatoms. The molecular weight excluding hydrogens is 331 g/mol. The van der Waals surface area contributed by atoms with Gasteiger partial charge >= 0.3 is 0 Å². The van der Waals surface area contributed by atoms with E-state index >= 15 is 0 Å². The Bertz CT molecular complexity index is 527. The highest BCUT2D eigenvalue weighted by Crippen LogP contribution is 2.32. The molecule has 0 aromatic heterocycles. The zero-order chi connectivity index (χ0) is 16.2. The summed E-state index contributed by atoms with van der Waals surface area (Å²) in [6.45, 7) is 5.73. The Kier molecular flexibility index (Phi) is 6.97. The number of hydrogen-bond donors (Lipinski definition) is 2. The molecule has 1 amide bonds. The fraction of sp³-hybridized carbons (Fsp3) is 0.500. The van der Waals surface area contributed by atoms with Gasteiger partial charge in [0.1, 0.15) is 5.25 Å². The molecule has 0 spiro atoms. The summed E-state index contributed by atoms with van der Waals surface area (Å²) in [5.41, 5.74) is 6.37. The molecule has 0 fully saturated rings. The van der Waals surface area contributed by atoms with Gasteiger partial charge in [-0.15, -0.1) is 0 Å². The zero-order valence-electron chi connectivity index (χ0n) is 12.3. The number of nitrogen functional groups attached to an aromatic ring is 1. The zero-order valence-corrected chi connectivity index (χ0v) is 14.6. The average Bonchev–Trinajstić information content (AvgIpc) is 2.38. The van der Waals surface area contributed by atoms with E-state index in [4.69, 9.17) is 28.9 Å². The summed E-state index contributed by atoms with van der Waals surface area (Å²) in [5.74, 6) is 0.578. The lowest BCUT2D eigenvalue weighted by molar-refractivity contribution is -0.115. The standard InChI is InChI=1S/C14H20Cl2N2O2S/c1-8(2)4-5-21(20)9(3)14(19)18-13-11(16)6-10(15)7-12(13)17/h6-9H,4-5,17H2,1-3H3,(H,18,19). The Labute approximate surface area is 137 Å². The van der Waals surface area contributed by atoms with Gasteiger partial charge in [-0.2, -0.15) is 0 Å². The Balaban J connectivity index is 2.75. The largest absolute Gasteiger partial charge is 0.397 e. The number of rotatable bonds is 6. The van der Waals surface area contributed by atoms with Crippen molar-refractivity contribution in [2.45, 2.75) is 32.4 Å². The van der Waals surface area contributed by atoms with Crippen molar-refractivity contribution in [2.24, 2.45) is 5.92 Å². The lowest BCUT2D eigenvalue weighted by Gasteiger charge is -2.15. The van der Waals surface area contributed by atoms with Crippen LogP contribution in [0.25, 0.3) is 0 Å². The molecule has 0 saturated carbocycles. The van der Waals surface area contributed by atoms with Crippen LogP contribution in [-0.4, -0.2) is 21.1 Å². The number of nitrogens with two attached hydrogens (primary N) is 1. The Hall–Kier alpha value is -0.780. The number of nitrogens with one attached hydrogen (secondary N) is 1. The highest BCUT2D eigenvalue weighted by Gasteiger charge is 2.21. The van der Waals surface area contributed by atoms with E-state index in [1.807, 2.05) is 0 Å². The highest BCUT2D eigenvalue weighted by molar-refractivity contribution is 7.86. The predicted octanol–water partition coefficient (Wildman–Crippen LogP) is 3.70. The highest BCUT2D eigenvalue weighted by atomic mass is 35.5. The van der Waals surface area contributed by atoms with Crippen LogP contribution in [0.15, 0.2) is 12.1 Å². The van der Waals surface area contributed by atoms with Crippen LogP contribution >= 0.6 is 23.2 Å². The summed E-state index contributed by atoms with van der Waals surface area (Å²) in [4.78, 5) is 12.1. The van der Waals surface area contributed by atoms with Crippen molar-refractivity contribution < 1.29 is 9.00 Å². The number of halogens is 2. The third kappa shape index (κ3) is 5.49. The van der Waals surface area contributed by atoms with E-state index in [1.165, 1.54) is 12.1 Å². The van der Waals surface area contributed by atoms with Crippen molar-refractivity contribution >= 4 is 51.3 Å². The number of carbonyl (C=O) groups excluding carboxylic acids is 1. The van der Waals surface area contributed by atoms with Gasteiger partial charge in [-0.3, -0.25) is 9.00 Å². The molecule has 21 heavy (non-hydrogen) atoms. The van der Waals surface area contributed by atoms with Crippen molar-refractivity contribution in [2.75, 3.05) is 16.8 Å². The quantitative estimate of drug-likeness (QED) is 0.768. The molecule has 1 rings (SSSR count). The molecule has 118 valence electrons. The van der Waals surface area contributed by atoms with E-state index in [2.05, 4.69) is 19.2 Å². The average molecular weight is 351 g/mol. The van der Waals surface area contributed by atoms with E-state index in [9.17, 15) is 9.00 Å². The van der Waals surface area contributed by atoms with Crippen molar-refractivity contribution in [3.8, 4) is 0 Å². The molecular formula is C14H20Cl2N2O2S. The topological polar surface area (TPSA) is 72.2 Å². The monoisotopic (exact) mass is 350 g/mol. The van der Waals surface area contributed by atoms with E-state index in [0.717, 1.165) is 6.42 Å². The molecule has 2 atom stereocenters. The van der Waals surface area contributed by atoms with Gasteiger partial charge < -0.3 is 11.1 Å². The maximum absolute atomic E-state index is 12.1. The lowest BCUT2D eigenvalue weighted by atomic mass is 10.2. The van der Waals surface area contributed by atoms with Crippen LogP contribution < -0.4 is 11.1 Å². The number of amides is 1. The van der Waals surface area contributed by atoms with Gasteiger partial charge in [-0.1, -0.05) is 37.0 Å². The van der Waals surface area contributed by atoms with Crippen molar-refractivity contribution in [3.05, 3.63) is 22.2 Å². The Morgan fingerprint density at radius 1 is 1.33 bits per heavy atom. The van der Waals surface area contributed by atoms with Gasteiger partial charge in [0, 0.05) is 21.6 Å². The third-order valence-corrected chi connectivity index (χ3v) is 5.15. The van der Waals surface area contributed by atoms with Gasteiger partial charge in [-0.05, 0) is 31.4 Å². The smallest absolute Gasteiger partial charge is 0.239 e. The number of anilines is 2. The van der Waals surface area contributed by atoms with Crippen molar-refractivity contribution in [3.63, 3.8) is 0 Å². The van der Waals surface area contributed by atoms with E-state index < -0.39 is 16.0 Å². The van der Waals surface area contributed by atoms with Crippen LogP contribution in [0.5, 0.6) is 0 Å². The van der Waals surface area contributed by atoms with E-state index in [-0.39, 0.29) is 16.6 Å². The minimum atomic E-state index is -1.23. The molecule has 0 bridgehead atoms. The van der Waals surface area contributed by atoms with E-state index in [1.54, 1.807) is 6.92 Å². The maximum Gasteiger partial charge on any atom is 0.239 e. The third-order valence-electron chi connectivity index (χ3n) is 2.99. The Morgan fingerprint density at radius 2 is 1.95 bits per heavy atom. The van der Waals surface area contributed by atoms with Crippen LogP contribution in [0.2, 0.25) is 10.0 Å². The van der Waals surface area contributed by atoms with Crippen molar-refractivity contribution in [1.82, 2.24) is 0 Å². The maximum atomic E-state index is 12.1. The van der Waals surface area contributed by atoms with Crippen LogP contribution in [0, 0.1) is 5.92 Å².